The van der Waals surface area contributed by atoms with E-state index in [4.69, 9.17) is 44.9 Å². The molecule has 0 spiro atoms. The second-order valence-corrected chi connectivity index (χ2v) is 9.35. The standard InChI is InChI=1S/C23H15Cl2N3O3S2/c24-13-10-14(22-26-16-3-1-2-4-19(16)33-22)20(15(25)11-13)27-23(32)28-21(29)12-5-6-17-18(9-12)31-8-7-30-17/h1-6,9-11H,7-8H2,(H2,27,28,29,32). The molecule has 1 amide bonds. The fraction of sp³-hybridized carbons (Fsp3) is 0.0870. The molecule has 1 aliphatic heterocycles. The summed E-state index contributed by atoms with van der Waals surface area (Å²) >= 11 is 19.7. The minimum absolute atomic E-state index is 0.0847. The van der Waals surface area contributed by atoms with E-state index in [1.165, 1.54) is 11.3 Å². The van der Waals surface area contributed by atoms with E-state index in [9.17, 15) is 4.79 Å². The molecule has 0 bridgehead atoms. The molecule has 0 atom stereocenters. The largest absolute Gasteiger partial charge is 0.486 e. The predicted octanol–water partition coefficient (Wildman–Crippen LogP) is 6.17. The number of hydrogen-bond donors (Lipinski definition) is 2. The Hall–Kier alpha value is -2.91. The molecule has 10 heteroatoms. The maximum atomic E-state index is 12.7. The molecular weight excluding hydrogens is 501 g/mol. The van der Waals surface area contributed by atoms with Gasteiger partial charge in [0, 0.05) is 16.1 Å². The Morgan fingerprint density at radius 1 is 1.03 bits per heavy atom. The normalized spacial score (nSPS) is 12.4. The highest BCUT2D eigenvalue weighted by atomic mass is 35.5. The molecule has 2 N–H and O–H groups in total. The van der Waals surface area contributed by atoms with Gasteiger partial charge in [0.1, 0.15) is 18.2 Å². The van der Waals surface area contributed by atoms with Crippen molar-refractivity contribution in [3.05, 3.63) is 70.2 Å². The monoisotopic (exact) mass is 515 g/mol. The van der Waals surface area contributed by atoms with Crippen LogP contribution < -0.4 is 20.1 Å². The second-order valence-electron chi connectivity index (χ2n) is 7.06. The first-order chi connectivity index (χ1) is 16.0. The van der Waals surface area contributed by atoms with Crippen LogP contribution in [0.1, 0.15) is 10.4 Å². The van der Waals surface area contributed by atoms with E-state index < -0.39 is 5.91 Å². The SMILES string of the molecule is O=C(NC(=S)Nc1c(Cl)cc(Cl)cc1-c1nc2ccccc2s1)c1ccc2c(c1)OCCO2. The highest BCUT2D eigenvalue weighted by Gasteiger charge is 2.19. The molecule has 5 rings (SSSR count). The second kappa shape index (κ2) is 9.15. The molecule has 1 aromatic heterocycles. The van der Waals surface area contributed by atoms with E-state index in [0.717, 1.165) is 15.2 Å². The molecule has 0 saturated heterocycles. The molecule has 0 saturated carbocycles. The van der Waals surface area contributed by atoms with Crippen LogP contribution in [0.25, 0.3) is 20.8 Å². The van der Waals surface area contributed by atoms with Gasteiger partial charge < -0.3 is 14.8 Å². The summed E-state index contributed by atoms with van der Waals surface area (Å²) in [6.07, 6.45) is 0. The quantitative estimate of drug-likeness (QED) is 0.318. The van der Waals surface area contributed by atoms with Gasteiger partial charge in [0.25, 0.3) is 5.91 Å². The number of hydrogen-bond acceptors (Lipinski definition) is 6. The molecule has 0 radical (unpaired) electrons. The Bertz CT molecular complexity index is 1370. The number of para-hydroxylation sites is 1. The van der Waals surface area contributed by atoms with Gasteiger partial charge in [-0.25, -0.2) is 4.98 Å². The van der Waals surface area contributed by atoms with Crippen molar-refractivity contribution in [3.8, 4) is 22.1 Å². The van der Waals surface area contributed by atoms with Gasteiger partial charge in [0.2, 0.25) is 0 Å². The molecule has 6 nitrogen and oxygen atoms in total. The first-order valence-corrected chi connectivity index (χ1v) is 11.8. The van der Waals surface area contributed by atoms with Crippen LogP contribution in [-0.2, 0) is 0 Å². The maximum Gasteiger partial charge on any atom is 0.257 e. The third-order valence-electron chi connectivity index (χ3n) is 4.85. The van der Waals surface area contributed by atoms with Gasteiger partial charge in [-0.3, -0.25) is 10.1 Å². The van der Waals surface area contributed by atoms with E-state index in [0.29, 0.717) is 51.6 Å². The van der Waals surface area contributed by atoms with Crippen molar-refractivity contribution in [1.82, 2.24) is 10.3 Å². The smallest absolute Gasteiger partial charge is 0.257 e. The summed E-state index contributed by atoms with van der Waals surface area (Å²) in [4.78, 5) is 17.4. The third kappa shape index (κ3) is 4.60. The Balaban J connectivity index is 1.40. The highest BCUT2D eigenvalue weighted by molar-refractivity contribution is 7.80. The van der Waals surface area contributed by atoms with Crippen molar-refractivity contribution >= 4 is 73.7 Å². The molecule has 33 heavy (non-hydrogen) atoms. The predicted molar refractivity (Wildman–Crippen MR) is 136 cm³/mol. The van der Waals surface area contributed by atoms with Crippen molar-refractivity contribution in [2.45, 2.75) is 0 Å². The Labute approximate surface area is 208 Å². The molecule has 4 aromatic rings. The number of carbonyl (C=O) groups is 1. The molecule has 1 aliphatic rings. The van der Waals surface area contributed by atoms with E-state index in [1.54, 1.807) is 30.3 Å². The highest BCUT2D eigenvalue weighted by Crippen LogP contribution is 2.40. The van der Waals surface area contributed by atoms with Crippen molar-refractivity contribution in [2.75, 3.05) is 18.5 Å². The number of amides is 1. The van der Waals surface area contributed by atoms with E-state index in [-0.39, 0.29) is 5.11 Å². The average Bonchev–Trinajstić information content (AvgIpc) is 3.24. The number of rotatable bonds is 3. The lowest BCUT2D eigenvalue weighted by Crippen LogP contribution is -2.34. The summed E-state index contributed by atoms with van der Waals surface area (Å²) in [7, 11) is 0. The molecule has 0 unspecified atom stereocenters. The van der Waals surface area contributed by atoms with Gasteiger partial charge in [-0.2, -0.15) is 0 Å². The molecule has 166 valence electrons. The minimum atomic E-state index is -0.393. The number of fused-ring (bicyclic) bond motifs is 2. The lowest BCUT2D eigenvalue weighted by Gasteiger charge is -2.19. The summed E-state index contributed by atoms with van der Waals surface area (Å²) in [6.45, 7) is 0.910. The zero-order chi connectivity index (χ0) is 22.9. The van der Waals surface area contributed by atoms with Crippen molar-refractivity contribution in [2.24, 2.45) is 0 Å². The summed E-state index contributed by atoms with van der Waals surface area (Å²) in [5.74, 6) is 0.731. The molecule has 3 aromatic carbocycles. The van der Waals surface area contributed by atoms with Crippen LogP contribution in [0, 0.1) is 0 Å². The fourth-order valence-corrected chi connectivity index (χ4v) is 5.08. The number of nitrogens with one attached hydrogen (secondary N) is 2. The van der Waals surface area contributed by atoms with Crippen LogP contribution in [0.15, 0.2) is 54.6 Å². The van der Waals surface area contributed by atoms with Crippen LogP contribution in [0.5, 0.6) is 11.5 Å². The van der Waals surface area contributed by atoms with Gasteiger partial charge in [-0.05, 0) is 54.7 Å². The minimum Gasteiger partial charge on any atom is -0.486 e. The molecule has 0 fully saturated rings. The van der Waals surface area contributed by atoms with Gasteiger partial charge in [0.05, 0.1) is 20.9 Å². The first kappa shape index (κ1) is 21.9. The fourth-order valence-electron chi connectivity index (χ4n) is 3.36. The van der Waals surface area contributed by atoms with Crippen LogP contribution in [0.2, 0.25) is 10.0 Å². The zero-order valence-electron chi connectivity index (χ0n) is 16.9. The third-order valence-corrected chi connectivity index (χ3v) is 6.64. The Morgan fingerprint density at radius 3 is 2.64 bits per heavy atom. The summed E-state index contributed by atoms with van der Waals surface area (Å²) in [5.41, 5.74) is 2.45. The van der Waals surface area contributed by atoms with E-state index in [2.05, 4.69) is 15.6 Å². The number of ether oxygens (including phenoxy) is 2. The topological polar surface area (TPSA) is 72.5 Å². The van der Waals surface area contributed by atoms with Crippen LogP contribution in [0.4, 0.5) is 5.69 Å². The van der Waals surface area contributed by atoms with Crippen molar-refractivity contribution in [1.29, 1.82) is 0 Å². The molecule has 0 aliphatic carbocycles. The molecular formula is C23H15Cl2N3O3S2. The number of halogens is 2. The number of aromatic nitrogens is 1. The summed E-state index contributed by atoms with van der Waals surface area (Å²) < 4.78 is 12.1. The van der Waals surface area contributed by atoms with Crippen LogP contribution in [-0.4, -0.2) is 29.2 Å². The number of anilines is 1. The van der Waals surface area contributed by atoms with Gasteiger partial charge in [-0.15, -0.1) is 11.3 Å². The summed E-state index contributed by atoms with van der Waals surface area (Å²) in [5, 5.41) is 7.34. The van der Waals surface area contributed by atoms with E-state index in [1.807, 2.05) is 24.3 Å². The Kier molecular flexibility index (Phi) is 6.07. The van der Waals surface area contributed by atoms with Gasteiger partial charge >= 0.3 is 0 Å². The number of thiocarbonyl (C=S) groups is 1. The number of nitrogens with zero attached hydrogens (tertiary/aromatic N) is 1. The Morgan fingerprint density at radius 2 is 1.82 bits per heavy atom. The zero-order valence-corrected chi connectivity index (χ0v) is 20.0. The van der Waals surface area contributed by atoms with Crippen LogP contribution >= 0.6 is 46.8 Å². The number of benzene rings is 3. The van der Waals surface area contributed by atoms with Crippen molar-refractivity contribution < 1.29 is 14.3 Å². The van der Waals surface area contributed by atoms with E-state index >= 15 is 0 Å². The average molecular weight is 516 g/mol. The number of carbonyl (C=O) groups excluding carboxylic acids is 1. The lowest BCUT2D eigenvalue weighted by molar-refractivity contribution is 0.0976. The number of thiazole rings is 1. The van der Waals surface area contributed by atoms with Gasteiger partial charge in [0.15, 0.2) is 16.6 Å². The van der Waals surface area contributed by atoms with Crippen molar-refractivity contribution in [3.63, 3.8) is 0 Å². The lowest BCUT2D eigenvalue weighted by atomic mass is 10.1. The van der Waals surface area contributed by atoms with Gasteiger partial charge in [-0.1, -0.05) is 35.3 Å². The maximum absolute atomic E-state index is 12.7. The summed E-state index contributed by atoms with van der Waals surface area (Å²) in [6, 6.07) is 16.1. The molecule has 2 heterocycles. The first-order valence-electron chi connectivity index (χ1n) is 9.85. The van der Waals surface area contributed by atoms with Crippen LogP contribution in [0.3, 0.4) is 0 Å².